The molecule has 18 heavy (non-hydrogen) atoms. The van der Waals surface area contributed by atoms with Gasteiger partial charge in [0.2, 0.25) is 0 Å². The molecule has 0 aromatic heterocycles. The Morgan fingerprint density at radius 3 is 3.00 bits per heavy atom. The topological polar surface area (TPSA) is 21.3 Å². The van der Waals surface area contributed by atoms with Crippen molar-refractivity contribution in [1.29, 1.82) is 0 Å². The maximum Gasteiger partial charge on any atom is 0.130 e. The lowest BCUT2D eigenvalue weighted by Gasteiger charge is -2.39. The Labute approximate surface area is 116 Å². The van der Waals surface area contributed by atoms with Crippen molar-refractivity contribution in [3.05, 3.63) is 34.1 Å². The molecule has 1 N–H and O–H groups in total. The summed E-state index contributed by atoms with van der Waals surface area (Å²) >= 11 is 3.27. The van der Waals surface area contributed by atoms with Crippen LogP contribution in [0.5, 0.6) is 0 Å². The van der Waals surface area contributed by atoms with Crippen molar-refractivity contribution in [3.8, 4) is 0 Å². The van der Waals surface area contributed by atoms with Gasteiger partial charge in [-0.05, 0) is 25.5 Å². The van der Waals surface area contributed by atoms with Crippen LogP contribution in [0.4, 0.5) is 4.39 Å². The summed E-state index contributed by atoms with van der Waals surface area (Å²) in [6.45, 7) is 5.72. The molecule has 0 spiro atoms. The van der Waals surface area contributed by atoms with E-state index >= 15 is 0 Å². The van der Waals surface area contributed by atoms with Crippen molar-refractivity contribution in [3.63, 3.8) is 0 Å². The minimum atomic E-state index is -0.211. The van der Waals surface area contributed by atoms with Gasteiger partial charge in [-0.2, -0.15) is 0 Å². The van der Waals surface area contributed by atoms with Crippen LogP contribution >= 0.6 is 15.9 Å². The molecule has 0 amide bonds. The van der Waals surface area contributed by atoms with Gasteiger partial charge in [0.1, 0.15) is 5.82 Å². The summed E-state index contributed by atoms with van der Waals surface area (Å²) in [4.78, 5) is 0. The molecule has 1 aliphatic rings. The highest BCUT2D eigenvalue weighted by molar-refractivity contribution is 9.10. The van der Waals surface area contributed by atoms with E-state index in [0.29, 0.717) is 12.1 Å². The fourth-order valence-corrected chi connectivity index (χ4v) is 2.84. The van der Waals surface area contributed by atoms with E-state index in [2.05, 4.69) is 35.1 Å². The van der Waals surface area contributed by atoms with Crippen LogP contribution in [0.15, 0.2) is 22.7 Å². The van der Waals surface area contributed by atoms with Crippen molar-refractivity contribution < 1.29 is 9.13 Å². The molecule has 2 nitrogen and oxygen atoms in total. The second-order valence-electron chi connectivity index (χ2n) is 5.10. The summed E-state index contributed by atoms with van der Waals surface area (Å²) in [6.07, 6.45) is 1.84. The summed E-state index contributed by atoms with van der Waals surface area (Å²) in [6, 6.07) is 5.14. The summed E-state index contributed by atoms with van der Waals surface area (Å²) in [5, 5.41) is 3.35. The Bertz CT molecular complexity index is 422. The van der Waals surface area contributed by atoms with Crippen LogP contribution in [0.3, 0.4) is 0 Å². The van der Waals surface area contributed by atoms with E-state index in [4.69, 9.17) is 4.74 Å². The van der Waals surface area contributed by atoms with Gasteiger partial charge in [-0.1, -0.05) is 35.3 Å². The van der Waals surface area contributed by atoms with Gasteiger partial charge in [0.05, 0.1) is 11.7 Å². The van der Waals surface area contributed by atoms with Crippen LogP contribution in [0, 0.1) is 5.82 Å². The van der Waals surface area contributed by atoms with Gasteiger partial charge in [0, 0.05) is 23.1 Å². The monoisotopic (exact) mass is 315 g/mol. The Morgan fingerprint density at radius 1 is 1.56 bits per heavy atom. The first-order chi connectivity index (χ1) is 8.54. The standard InChI is InChI=1S/C14H19BrFNO/c1-3-6-14(2)9-17-8-13(18-14)11-5-4-10(15)7-12(11)16/h4-5,7,13,17H,3,6,8-9H2,1-2H3. The largest absolute Gasteiger partial charge is 0.365 e. The third kappa shape index (κ3) is 3.11. The van der Waals surface area contributed by atoms with Crippen molar-refractivity contribution in [1.82, 2.24) is 5.32 Å². The van der Waals surface area contributed by atoms with Crippen LogP contribution in [-0.4, -0.2) is 18.7 Å². The number of nitrogens with one attached hydrogen (secondary N) is 1. The lowest BCUT2D eigenvalue weighted by atomic mass is 9.96. The zero-order valence-corrected chi connectivity index (χ0v) is 12.4. The SMILES string of the molecule is CCCC1(C)CNCC(c2ccc(Br)cc2F)O1. The van der Waals surface area contributed by atoms with E-state index in [9.17, 15) is 4.39 Å². The lowest BCUT2D eigenvalue weighted by Crippen LogP contribution is -2.49. The number of hydrogen-bond donors (Lipinski definition) is 1. The first-order valence-electron chi connectivity index (χ1n) is 6.37. The minimum Gasteiger partial charge on any atom is -0.365 e. The molecule has 0 radical (unpaired) electrons. The van der Waals surface area contributed by atoms with Gasteiger partial charge >= 0.3 is 0 Å². The summed E-state index contributed by atoms with van der Waals surface area (Å²) in [7, 11) is 0. The third-order valence-corrected chi connectivity index (χ3v) is 3.84. The number of benzene rings is 1. The Balaban J connectivity index is 2.18. The number of ether oxygens (including phenoxy) is 1. The summed E-state index contributed by atoms with van der Waals surface area (Å²) in [5.41, 5.74) is 0.435. The molecule has 1 aromatic carbocycles. The first-order valence-corrected chi connectivity index (χ1v) is 7.17. The highest BCUT2D eigenvalue weighted by atomic mass is 79.9. The average molecular weight is 316 g/mol. The van der Waals surface area contributed by atoms with Crippen LogP contribution in [-0.2, 0) is 4.74 Å². The zero-order valence-electron chi connectivity index (χ0n) is 10.8. The highest BCUT2D eigenvalue weighted by Gasteiger charge is 2.33. The quantitative estimate of drug-likeness (QED) is 0.916. The van der Waals surface area contributed by atoms with Crippen LogP contribution in [0.2, 0.25) is 0 Å². The normalized spacial score (nSPS) is 28.3. The molecule has 1 saturated heterocycles. The van der Waals surface area contributed by atoms with Crippen molar-refractivity contribution in [2.24, 2.45) is 0 Å². The lowest BCUT2D eigenvalue weighted by molar-refractivity contribution is -0.113. The minimum absolute atomic E-state index is 0.197. The molecule has 0 aliphatic carbocycles. The van der Waals surface area contributed by atoms with Gasteiger partial charge < -0.3 is 10.1 Å². The maximum absolute atomic E-state index is 13.9. The molecule has 100 valence electrons. The van der Waals surface area contributed by atoms with E-state index in [-0.39, 0.29) is 17.5 Å². The Hall–Kier alpha value is -0.450. The predicted octanol–water partition coefficient (Wildman–Crippen LogP) is 3.81. The van der Waals surface area contributed by atoms with Gasteiger partial charge in [-0.25, -0.2) is 4.39 Å². The average Bonchev–Trinajstić information content (AvgIpc) is 2.28. The molecule has 2 atom stereocenters. The number of rotatable bonds is 3. The number of morpholine rings is 1. The molecule has 0 bridgehead atoms. The van der Waals surface area contributed by atoms with Crippen LogP contribution in [0.1, 0.15) is 38.4 Å². The second kappa shape index (κ2) is 5.68. The fraction of sp³-hybridized carbons (Fsp3) is 0.571. The molecular formula is C14H19BrFNO. The van der Waals surface area contributed by atoms with E-state index in [1.54, 1.807) is 6.07 Å². The van der Waals surface area contributed by atoms with Crippen LogP contribution in [0.25, 0.3) is 0 Å². The fourth-order valence-electron chi connectivity index (χ4n) is 2.51. The molecular weight excluding hydrogens is 297 g/mol. The maximum atomic E-state index is 13.9. The smallest absolute Gasteiger partial charge is 0.130 e. The molecule has 2 unspecified atom stereocenters. The Kier molecular flexibility index (Phi) is 4.41. The molecule has 4 heteroatoms. The van der Waals surface area contributed by atoms with Crippen molar-refractivity contribution in [2.75, 3.05) is 13.1 Å². The van der Waals surface area contributed by atoms with Crippen LogP contribution < -0.4 is 5.32 Å². The van der Waals surface area contributed by atoms with E-state index in [0.717, 1.165) is 23.9 Å². The highest BCUT2D eigenvalue weighted by Crippen LogP contribution is 2.32. The molecule has 1 fully saturated rings. The van der Waals surface area contributed by atoms with Gasteiger partial charge in [0.25, 0.3) is 0 Å². The van der Waals surface area contributed by atoms with Gasteiger partial charge in [-0.15, -0.1) is 0 Å². The molecule has 1 heterocycles. The van der Waals surface area contributed by atoms with Gasteiger partial charge in [0.15, 0.2) is 0 Å². The molecule has 0 saturated carbocycles. The third-order valence-electron chi connectivity index (χ3n) is 3.34. The molecule has 1 aliphatic heterocycles. The second-order valence-corrected chi connectivity index (χ2v) is 6.02. The van der Waals surface area contributed by atoms with E-state index in [1.807, 2.05) is 6.07 Å². The van der Waals surface area contributed by atoms with Gasteiger partial charge in [-0.3, -0.25) is 0 Å². The molecule has 2 rings (SSSR count). The number of hydrogen-bond acceptors (Lipinski definition) is 2. The van der Waals surface area contributed by atoms with Crippen molar-refractivity contribution >= 4 is 15.9 Å². The first kappa shape index (κ1) is 14.0. The van der Waals surface area contributed by atoms with E-state index in [1.165, 1.54) is 6.07 Å². The summed E-state index contributed by atoms with van der Waals surface area (Å²) in [5.74, 6) is -0.211. The number of halogens is 2. The van der Waals surface area contributed by atoms with Crippen molar-refractivity contribution in [2.45, 2.75) is 38.4 Å². The Morgan fingerprint density at radius 2 is 2.33 bits per heavy atom. The summed E-state index contributed by atoms with van der Waals surface area (Å²) < 4.78 is 20.8. The zero-order chi connectivity index (χ0) is 13.2. The van der Waals surface area contributed by atoms with E-state index < -0.39 is 0 Å². The predicted molar refractivity (Wildman–Crippen MR) is 74.1 cm³/mol. The molecule has 1 aromatic rings.